The number of halogens is 1. The highest BCUT2D eigenvalue weighted by Gasteiger charge is 2.16. The topological polar surface area (TPSA) is 108 Å². The van der Waals surface area contributed by atoms with E-state index in [-0.39, 0.29) is 19.3 Å². The summed E-state index contributed by atoms with van der Waals surface area (Å²) in [4.78, 5) is 33.5. The largest absolute Gasteiger partial charge is 0.550 e. The van der Waals surface area contributed by atoms with Gasteiger partial charge in [-0.15, -0.1) is 0 Å². The highest BCUT2D eigenvalue weighted by molar-refractivity contribution is 6.30. The molecule has 0 aliphatic carbocycles. The van der Waals surface area contributed by atoms with Crippen LogP contribution in [0, 0.1) is 6.92 Å². The molecule has 2 amide bonds. The molecule has 0 aliphatic heterocycles. The number of hydrogen-bond donors (Lipinski definition) is 2. The van der Waals surface area contributed by atoms with Crippen molar-refractivity contribution in [2.45, 2.75) is 39.2 Å². The van der Waals surface area contributed by atoms with Crippen molar-refractivity contribution in [1.29, 1.82) is 0 Å². The lowest BCUT2D eigenvalue weighted by Crippen LogP contribution is -2.47. The van der Waals surface area contributed by atoms with Crippen molar-refractivity contribution >= 4 is 29.4 Å². The van der Waals surface area contributed by atoms with E-state index < -0.39 is 23.9 Å². The van der Waals surface area contributed by atoms with Crippen LogP contribution in [0.15, 0.2) is 18.2 Å². The molecule has 0 saturated heterocycles. The third-order valence-corrected chi connectivity index (χ3v) is 3.15. The number of carbonyl (C=O) groups is 3. The number of carboxylic acid groups (broad SMARTS) is 1. The van der Waals surface area contributed by atoms with Crippen molar-refractivity contribution in [3.05, 3.63) is 28.8 Å². The van der Waals surface area contributed by atoms with Gasteiger partial charge in [-0.3, -0.25) is 20.4 Å². The van der Waals surface area contributed by atoms with Crippen molar-refractivity contribution in [3.8, 4) is 5.75 Å². The zero-order valence-corrected chi connectivity index (χ0v) is 13.6. The Bertz CT molecular complexity index is 591. The predicted octanol–water partition coefficient (Wildman–Crippen LogP) is 0.483. The minimum Gasteiger partial charge on any atom is -0.550 e. The fourth-order valence-electron chi connectivity index (χ4n) is 1.68. The molecular formula is C15H18ClN2O5-. The van der Waals surface area contributed by atoms with Gasteiger partial charge < -0.3 is 14.6 Å². The molecule has 23 heavy (non-hydrogen) atoms. The molecule has 1 rings (SSSR count). The second-order valence-corrected chi connectivity index (χ2v) is 5.37. The Morgan fingerprint density at radius 1 is 1.26 bits per heavy atom. The minimum absolute atomic E-state index is 0.0280. The Morgan fingerprint density at radius 3 is 2.57 bits per heavy atom. The van der Waals surface area contributed by atoms with E-state index in [1.807, 2.05) is 0 Å². The van der Waals surface area contributed by atoms with Gasteiger partial charge in [0.05, 0.1) is 0 Å². The number of aryl methyl sites for hydroxylation is 1. The summed E-state index contributed by atoms with van der Waals surface area (Å²) in [6.07, 6.45) is -0.935. The smallest absolute Gasteiger partial charge is 0.279 e. The number of carboxylic acids is 1. The van der Waals surface area contributed by atoms with Crippen LogP contribution in [0.25, 0.3) is 0 Å². The summed E-state index contributed by atoms with van der Waals surface area (Å²) < 4.78 is 5.50. The van der Waals surface area contributed by atoms with Gasteiger partial charge in [0.1, 0.15) is 5.75 Å². The number of hydrazine groups is 1. The summed E-state index contributed by atoms with van der Waals surface area (Å²) in [5.41, 5.74) is 5.19. The highest BCUT2D eigenvalue weighted by atomic mass is 35.5. The standard InChI is InChI=1S/C15H19ClN2O5/c1-9-8-11(16)6-7-12(9)23-10(2)15(22)18-17-13(19)4-3-5-14(20)21/h6-8,10H,3-5H2,1-2H3,(H,17,19)(H,18,22)(H,20,21)/p-1/t10-/m0/s1. The summed E-state index contributed by atoms with van der Waals surface area (Å²) in [5.74, 6) is -1.73. The van der Waals surface area contributed by atoms with E-state index in [0.717, 1.165) is 5.56 Å². The zero-order chi connectivity index (χ0) is 17.4. The monoisotopic (exact) mass is 341 g/mol. The molecule has 2 N–H and O–H groups in total. The minimum atomic E-state index is -1.22. The summed E-state index contributed by atoms with van der Waals surface area (Å²) >= 11 is 5.84. The molecule has 0 aromatic heterocycles. The lowest BCUT2D eigenvalue weighted by atomic mass is 10.2. The fourth-order valence-corrected chi connectivity index (χ4v) is 1.90. The molecule has 7 nitrogen and oxygen atoms in total. The molecule has 1 aromatic carbocycles. The third kappa shape index (κ3) is 7.01. The number of benzene rings is 1. The van der Waals surface area contributed by atoms with Crippen LogP contribution >= 0.6 is 11.6 Å². The molecule has 1 atom stereocenters. The van der Waals surface area contributed by atoms with Crippen LogP contribution in [0.1, 0.15) is 31.7 Å². The number of rotatable bonds is 7. The van der Waals surface area contributed by atoms with Crippen LogP contribution in [-0.2, 0) is 14.4 Å². The average molecular weight is 342 g/mol. The number of nitrogens with one attached hydrogen (secondary N) is 2. The van der Waals surface area contributed by atoms with Crippen LogP contribution < -0.4 is 20.7 Å². The lowest BCUT2D eigenvalue weighted by molar-refractivity contribution is -0.305. The van der Waals surface area contributed by atoms with E-state index in [2.05, 4.69) is 10.9 Å². The van der Waals surface area contributed by atoms with Gasteiger partial charge in [-0.1, -0.05) is 11.6 Å². The van der Waals surface area contributed by atoms with E-state index in [9.17, 15) is 19.5 Å². The van der Waals surface area contributed by atoms with Crippen molar-refractivity contribution in [2.24, 2.45) is 0 Å². The SMILES string of the molecule is Cc1cc(Cl)ccc1O[C@@H](C)C(=O)NNC(=O)CCCC(=O)[O-]. The maximum Gasteiger partial charge on any atom is 0.279 e. The second-order valence-electron chi connectivity index (χ2n) is 4.93. The number of amides is 2. The molecule has 0 unspecified atom stereocenters. The van der Waals surface area contributed by atoms with Gasteiger partial charge in [0.2, 0.25) is 5.91 Å². The van der Waals surface area contributed by atoms with Crippen LogP contribution in [0.3, 0.4) is 0 Å². The van der Waals surface area contributed by atoms with Gasteiger partial charge >= 0.3 is 0 Å². The van der Waals surface area contributed by atoms with E-state index in [0.29, 0.717) is 10.8 Å². The molecule has 0 aliphatic rings. The summed E-state index contributed by atoms with van der Waals surface area (Å²) in [6.45, 7) is 3.33. The van der Waals surface area contributed by atoms with Crippen molar-refractivity contribution in [2.75, 3.05) is 0 Å². The molecule has 0 bridgehead atoms. The summed E-state index contributed by atoms with van der Waals surface area (Å²) in [6, 6.07) is 5.01. The summed E-state index contributed by atoms with van der Waals surface area (Å²) in [7, 11) is 0. The van der Waals surface area contributed by atoms with E-state index in [4.69, 9.17) is 16.3 Å². The van der Waals surface area contributed by atoms with E-state index >= 15 is 0 Å². The van der Waals surface area contributed by atoms with Crippen LogP contribution in [0.2, 0.25) is 5.02 Å². The van der Waals surface area contributed by atoms with Crippen LogP contribution in [-0.4, -0.2) is 23.9 Å². The van der Waals surface area contributed by atoms with Crippen molar-refractivity contribution in [1.82, 2.24) is 10.9 Å². The van der Waals surface area contributed by atoms with Gasteiger partial charge in [0.15, 0.2) is 6.10 Å². The van der Waals surface area contributed by atoms with E-state index in [1.54, 1.807) is 25.1 Å². The zero-order valence-electron chi connectivity index (χ0n) is 12.8. The van der Waals surface area contributed by atoms with Gasteiger partial charge in [0, 0.05) is 17.4 Å². The quantitative estimate of drug-likeness (QED) is 0.701. The van der Waals surface area contributed by atoms with Crippen LogP contribution in [0.5, 0.6) is 5.75 Å². The molecule has 8 heteroatoms. The number of hydrogen-bond acceptors (Lipinski definition) is 5. The number of carbonyl (C=O) groups excluding carboxylic acids is 3. The van der Waals surface area contributed by atoms with Crippen molar-refractivity contribution in [3.63, 3.8) is 0 Å². The number of ether oxygens (including phenoxy) is 1. The molecule has 0 radical (unpaired) electrons. The normalized spacial score (nSPS) is 11.4. The Labute approximate surface area is 138 Å². The van der Waals surface area contributed by atoms with Gasteiger partial charge in [-0.05, 0) is 50.5 Å². The summed E-state index contributed by atoms with van der Waals surface area (Å²) in [5, 5.41) is 10.8. The fraction of sp³-hybridized carbons (Fsp3) is 0.400. The molecule has 0 saturated carbocycles. The third-order valence-electron chi connectivity index (χ3n) is 2.92. The number of aliphatic carboxylic acids is 1. The maximum atomic E-state index is 11.8. The first kappa shape index (κ1) is 18.8. The molecule has 126 valence electrons. The highest BCUT2D eigenvalue weighted by Crippen LogP contribution is 2.22. The Morgan fingerprint density at radius 2 is 1.96 bits per heavy atom. The molecule has 1 aromatic rings. The van der Waals surface area contributed by atoms with Gasteiger partial charge in [-0.2, -0.15) is 0 Å². The Balaban J connectivity index is 2.39. The molecule has 0 heterocycles. The Hall–Kier alpha value is -2.28. The maximum absolute atomic E-state index is 11.8. The molecule has 0 spiro atoms. The average Bonchev–Trinajstić information content (AvgIpc) is 2.47. The second kappa shape index (κ2) is 8.99. The van der Waals surface area contributed by atoms with Crippen LogP contribution in [0.4, 0.5) is 0 Å². The predicted molar refractivity (Wildman–Crippen MR) is 81.4 cm³/mol. The molecule has 0 fully saturated rings. The first-order valence-electron chi connectivity index (χ1n) is 7.01. The lowest BCUT2D eigenvalue weighted by Gasteiger charge is -2.16. The van der Waals surface area contributed by atoms with Gasteiger partial charge in [0.25, 0.3) is 5.91 Å². The Kier molecular flexibility index (Phi) is 7.34. The molecular weight excluding hydrogens is 324 g/mol. The van der Waals surface area contributed by atoms with Gasteiger partial charge in [-0.25, -0.2) is 0 Å². The first-order chi connectivity index (χ1) is 10.8. The van der Waals surface area contributed by atoms with E-state index in [1.165, 1.54) is 6.92 Å². The van der Waals surface area contributed by atoms with Crippen molar-refractivity contribution < 1.29 is 24.2 Å². The first-order valence-corrected chi connectivity index (χ1v) is 7.38.